The van der Waals surface area contributed by atoms with Crippen molar-refractivity contribution in [3.63, 3.8) is 0 Å². The Morgan fingerprint density at radius 3 is 2.40 bits per heavy atom. The van der Waals surface area contributed by atoms with Gasteiger partial charge in [0.05, 0.1) is 6.54 Å². The smallest absolute Gasteiger partial charge is 0.254 e. The number of carbonyl (C=O) groups is 2. The highest BCUT2D eigenvalue weighted by molar-refractivity contribution is 5.97. The van der Waals surface area contributed by atoms with E-state index >= 15 is 0 Å². The van der Waals surface area contributed by atoms with Crippen molar-refractivity contribution in [1.82, 2.24) is 10.2 Å². The first-order chi connectivity index (χ1) is 11.9. The van der Waals surface area contributed by atoms with Crippen molar-refractivity contribution in [2.24, 2.45) is 0 Å². The number of nitrogens with one attached hydrogen (secondary N) is 1. The minimum absolute atomic E-state index is 0.0100. The molecule has 0 atom stereocenters. The van der Waals surface area contributed by atoms with Crippen LogP contribution < -0.4 is 5.32 Å². The molecule has 0 radical (unpaired) electrons. The largest absolute Gasteiger partial charge is 0.350 e. The normalized spacial score (nSPS) is 10.4. The minimum Gasteiger partial charge on any atom is -0.350 e. The number of nitrogens with zero attached hydrogens (tertiary/aromatic N) is 1. The Labute approximate surface area is 147 Å². The predicted octanol–water partition coefficient (Wildman–Crippen LogP) is 3.22. The third-order valence-electron chi connectivity index (χ3n) is 4.03. The lowest BCUT2D eigenvalue weighted by molar-refractivity contribution is -0.121. The van der Waals surface area contributed by atoms with Gasteiger partial charge in [0.2, 0.25) is 5.91 Å². The number of hydrogen-bond acceptors (Lipinski definition) is 2. The maximum absolute atomic E-state index is 12.9. The van der Waals surface area contributed by atoms with Crippen LogP contribution in [0.25, 0.3) is 0 Å². The van der Waals surface area contributed by atoms with Crippen LogP contribution in [0.2, 0.25) is 0 Å². The first kappa shape index (κ1) is 18.6. The molecule has 5 heteroatoms. The van der Waals surface area contributed by atoms with E-state index in [0.29, 0.717) is 18.7 Å². The van der Waals surface area contributed by atoms with E-state index in [4.69, 9.17) is 0 Å². The summed E-state index contributed by atoms with van der Waals surface area (Å²) in [4.78, 5) is 26.4. The predicted molar refractivity (Wildman–Crippen MR) is 95.7 cm³/mol. The molecule has 2 aromatic carbocycles. The molecule has 0 aliphatic rings. The van der Waals surface area contributed by atoms with Crippen molar-refractivity contribution >= 4 is 11.8 Å². The third kappa shape index (κ3) is 5.14. The van der Waals surface area contributed by atoms with E-state index in [1.165, 1.54) is 17.0 Å². The van der Waals surface area contributed by atoms with E-state index in [0.717, 1.165) is 16.7 Å². The van der Waals surface area contributed by atoms with Crippen molar-refractivity contribution in [2.75, 3.05) is 13.1 Å². The summed E-state index contributed by atoms with van der Waals surface area (Å²) in [6.07, 6.45) is 0. The Hall–Kier alpha value is -2.69. The molecular weight excluding hydrogens is 319 g/mol. The molecule has 0 bridgehead atoms. The maximum atomic E-state index is 12.9. The van der Waals surface area contributed by atoms with E-state index in [2.05, 4.69) is 5.32 Å². The first-order valence-corrected chi connectivity index (χ1v) is 8.28. The van der Waals surface area contributed by atoms with Gasteiger partial charge >= 0.3 is 0 Å². The van der Waals surface area contributed by atoms with Gasteiger partial charge in [0.1, 0.15) is 5.82 Å². The fourth-order valence-corrected chi connectivity index (χ4v) is 2.50. The zero-order valence-corrected chi connectivity index (χ0v) is 14.8. The fourth-order valence-electron chi connectivity index (χ4n) is 2.50. The van der Waals surface area contributed by atoms with Crippen molar-refractivity contribution in [1.29, 1.82) is 0 Å². The van der Waals surface area contributed by atoms with E-state index in [1.807, 2.05) is 39.0 Å². The van der Waals surface area contributed by atoms with Gasteiger partial charge in [0.25, 0.3) is 5.91 Å². The summed E-state index contributed by atoms with van der Waals surface area (Å²) >= 11 is 0. The molecular formula is C20H23FN2O2. The van der Waals surface area contributed by atoms with Crippen LogP contribution in [-0.4, -0.2) is 29.8 Å². The molecule has 2 amide bonds. The third-order valence-corrected chi connectivity index (χ3v) is 4.03. The van der Waals surface area contributed by atoms with Crippen LogP contribution in [0.4, 0.5) is 4.39 Å². The van der Waals surface area contributed by atoms with E-state index < -0.39 is 0 Å². The van der Waals surface area contributed by atoms with Gasteiger partial charge in [-0.2, -0.15) is 0 Å². The van der Waals surface area contributed by atoms with Gasteiger partial charge < -0.3 is 10.2 Å². The molecule has 2 aromatic rings. The summed E-state index contributed by atoms with van der Waals surface area (Å²) in [6.45, 7) is 6.39. The summed E-state index contributed by atoms with van der Waals surface area (Å²) in [5, 5.41) is 2.76. The molecule has 0 unspecified atom stereocenters. The van der Waals surface area contributed by atoms with Gasteiger partial charge in [-0.3, -0.25) is 9.59 Å². The molecule has 0 saturated heterocycles. The topological polar surface area (TPSA) is 49.4 Å². The summed E-state index contributed by atoms with van der Waals surface area (Å²) in [5.41, 5.74) is 3.32. The number of rotatable bonds is 6. The first-order valence-electron chi connectivity index (χ1n) is 8.28. The van der Waals surface area contributed by atoms with Gasteiger partial charge in [-0.15, -0.1) is 0 Å². The van der Waals surface area contributed by atoms with Crippen molar-refractivity contribution in [2.45, 2.75) is 27.3 Å². The van der Waals surface area contributed by atoms with Crippen molar-refractivity contribution in [3.8, 4) is 0 Å². The van der Waals surface area contributed by atoms with Crippen LogP contribution in [0.3, 0.4) is 0 Å². The van der Waals surface area contributed by atoms with Crippen molar-refractivity contribution in [3.05, 3.63) is 70.5 Å². The molecule has 1 N–H and O–H groups in total. The monoisotopic (exact) mass is 342 g/mol. The standard InChI is InChI=1S/C20H23FN2O2/c1-4-23(20(25)18-11-14(2)5-6-15(18)3)13-19(24)22-12-16-7-9-17(21)10-8-16/h5-11H,4,12-13H2,1-3H3,(H,22,24). The Morgan fingerprint density at radius 1 is 1.08 bits per heavy atom. The lowest BCUT2D eigenvalue weighted by atomic mass is 10.0. The van der Waals surface area contributed by atoms with Crippen LogP contribution in [0.15, 0.2) is 42.5 Å². The molecule has 132 valence electrons. The Balaban J connectivity index is 1.98. The van der Waals surface area contributed by atoms with Gasteiger partial charge in [0.15, 0.2) is 0 Å². The molecule has 0 fully saturated rings. The summed E-state index contributed by atoms with van der Waals surface area (Å²) in [5.74, 6) is -0.711. The van der Waals surface area contributed by atoms with Gasteiger partial charge in [-0.1, -0.05) is 29.8 Å². The molecule has 2 rings (SSSR count). The summed E-state index contributed by atoms with van der Waals surface area (Å²) < 4.78 is 12.9. The maximum Gasteiger partial charge on any atom is 0.254 e. The highest BCUT2D eigenvalue weighted by atomic mass is 19.1. The molecule has 0 spiro atoms. The number of likely N-dealkylation sites (N-methyl/N-ethyl adjacent to an activating group) is 1. The van der Waals surface area contributed by atoms with E-state index in [9.17, 15) is 14.0 Å². The van der Waals surface area contributed by atoms with Crippen LogP contribution in [0, 0.1) is 19.7 Å². The number of hydrogen-bond donors (Lipinski definition) is 1. The lowest BCUT2D eigenvalue weighted by Crippen LogP contribution is -2.40. The molecule has 4 nitrogen and oxygen atoms in total. The number of carbonyl (C=O) groups excluding carboxylic acids is 2. The molecule has 0 aromatic heterocycles. The number of benzene rings is 2. The van der Waals surface area contributed by atoms with Crippen LogP contribution in [0.1, 0.15) is 34.0 Å². The quantitative estimate of drug-likeness (QED) is 0.876. The van der Waals surface area contributed by atoms with Crippen LogP contribution >= 0.6 is 0 Å². The Morgan fingerprint density at radius 2 is 1.76 bits per heavy atom. The molecule has 0 aliphatic heterocycles. The van der Waals surface area contributed by atoms with E-state index in [-0.39, 0.29) is 24.2 Å². The number of halogens is 1. The molecule has 0 aliphatic carbocycles. The second kappa shape index (κ2) is 8.42. The van der Waals surface area contributed by atoms with Crippen LogP contribution in [0.5, 0.6) is 0 Å². The van der Waals surface area contributed by atoms with E-state index in [1.54, 1.807) is 12.1 Å². The van der Waals surface area contributed by atoms with Crippen molar-refractivity contribution < 1.29 is 14.0 Å². The second-order valence-electron chi connectivity index (χ2n) is 6.04. The van der Waals surface area contributed by atoms with Gasteiger partial charge in [-0.05, 0) is 50.1 Å². The fraction of sp³-hybridized carbons (Fsp3) is 0.300. The zero-order valence-electron chi connectivity index (χ0n) is 14.8. The second-order valence-corrected chi connectivity index (χ2v) is 6.04. The molecule has 0 saturated carbocycles. The number of aryl methyl sites for hydroxylation is 2. The average Bonchev–Trinajstić information content (AvgIpc) is 2.60. The van der Waals surface area contributed by atoms with Crippen LogP contribution in [-0.2, 0) is 11.3 Å². The Bertz CT molecular complexity index is 757. The Kier molecular flexibility index (Phi) is 6.28. The minimum atomic E-state index is -0.314. The van der Waals surface area contributed by atoms with Gasteiger partial charge in [0, 0.05) is 18.7 Å². The zero-order chi connectivity index (χ0) is 18.4. The summed E-state index contributed by atoms with van der Waals surface area (Å²) in [6, 6.07) is 11.6. The highest BCUT2D eigenvalue weighted by Gasteiger charge is 2.19. The lowest BCUT2D eigenvalue weighted by Gasteiger charge is -2.21. The summed E-state index contributed by atoms with van der Waals surface area (Å²) in [7, 11) is 0. The van der Waals surface area contributed by atoms with Gasteiger partial charge in [-0.25, -0.2) is 4.39 Å². The molecule has 0 heterocycles. The average molecular weight is 342 g/mol. The highest BCUT2D eigenvalue weighted by Crippen LogP contribution is 2.13. The SMILES string of the molecule is CCN(CC(=O)NCc1ccc(F)cc1)C(=O)c1cc(C)ccc1C. The molecule has 25 heavy (non-hydrogen) atoms. The number of amides is 2.